The van der Waals surface area contributed by atoms with Crippen LogP contribution in [0.2, 0.25) is 0 Å². The van der Waals surface area contributed by atoms with Crippen molar-refractivity contribution in [2.45, 2.75) is 33.2 Å². The summed E-state index contributed by atoms with van der Waals surface area (Å²) >= 11 is 0. The van der Waals surface area contributed by atoms with Crippen molar-refractivity contribution in [1.29, 1.82) is 0 Å². The lowest BCUT2D eigenvalue weighted by Crippen LogP contribution is -2.23. The summed E-state index contributed by atoms with van der Waals surface area (Å²) in [6.45, 7) is 4.07. The molecule has 2 aromatic rings. The molecule has 1 amide bonds. The van der Waals surface area contributed by atoms with Crippen molar-refractivity contribution in [3.63, 3.8) is 0 Å². The summed E-state index contributed by atoms with van der Waals surface area (Å²) in [6.07, 6.45) is 1.01. The maximum Gasteiger partial charge on any atom is 0.220 e. The lowest BCUT2D eigenvalue weighted by molar-refractivity contribution is -0.121. The van der Waals surface area contributed by atoms with Gasteiger partial charge in [-0.15, -0.1) is 0 Å². The number of nitrogens with zero attached hydrogens (tertiary/aromatic N) is 1. The van der Waals surface area contributed by atoms with Gasteiger partial charge in [0.15, 0.2) is 0 Å². The second-order valence-electron chi connectivity index (χ2n) is 4.78. The third-order valence-corrected chi connectivity index (χ3v) is 3.32. The van der Waals surface area contributed by atoms with Crippen LogP contribution in [0.4, 0.5) is 4.39 Å². The van der Waals surface area contributed by atoms with Gasteiger partial charge in [0.25, 0.3) is 0 Å². The zero-order valence-corrected chi connectivity index (χ0v) is 11.7. The van der Waals surface area contributed by atoms with E-state index in [4.69, 9.17) is 0 Å². The van der Waals surface area contributed by atoms with Gasteiger partial charge in [-0.2, -0.15) is 5.10 Å². The van der Waals surface area contributed by atoms with Crippen molar-refractivity contribution in [3.05, 3.63) is 52.6 Å². The summed E-state index contributed by atoms with van der Waals surface area (Å²) in [5.74, 6) is -0.387. The number of aryl methyl sites for hydroxylation is 2. The van der Waals surface area contributed by atoms with Crippen LogP contribution < -0.4 is 5.32 Å². The second kappa shape index (κ2) is 6.32. The average molecular weight is 275 g/mol. The maximum absolute atomic E-state index is 13.4. The van der Waals surface area contributed by atoms with Crippen LogP contribution in [0.1, 0.15) is 28.9 Å². The number of carbonyl (C=O) groups excluding carboxylic acids is 1. The molecule has 1 heterocycles. The van der Waals surface area contributed by atoms with Crippen LogP contribution in [-0.4, -0.2) is 16.1 Å². The predicted octanol–water partition coefficient (Wildman–Crippen LogP) is 2.41. The molecule has 0 radical (unpaired) electrons. The molecule has 0 unspecified atom stereocenters. The number of halogens is 1. The fourth-order valence-corrected chi connectivity index (χ4v) is 2.10. The lowest BCUT2D eigenvalue weighted by atomic mass is 10.1. The molecule has 0 fully saturated rings. The molecule has 0 spiro atoms. The molecule has 1 aromatic carbocycles. The topological polar surface area (TPSA) is 57.8 Å². The van der Waals surface area contributed by atoms with Crippen molar-refractivity contribution in [3.8, 4) is 0 Å². The molecule has 0 saturated heterocycles. The van der Waals surface area contributed by atoms with Crippen molar-refractivity contribution < 1.29 is 9.18 Å². The molecule has 2 N–H and O–H groups in total. The highest BCUT2D eigenvalue weighted by molar-refractivity contribution is 5.76. The Labute approximate surface area is 117 Å². The molecule has 0 aliphatic carbocycles. The first-order valence-corrected chi connectivity index (χ1v) is 6.58. The van der Waals surface area contributed by atoms with Crippen LogP contribution in [-0.2, 0) is 17.8 Å². The van der Waals surface area contributed by atoms with E-state index < -0.39 is 0 Å². The number of benzene rings is 1. The SMILES string of the molecule is Cc1n[nH]c(C)c1CCC(=O)NCc1ccccc1F. The van der Waals surface area contributed by atoms with Crippen LogP contribution in [0.25, 0.3) is 0 Å². The van der Waals surface area contributed by atoms with Gasteiger partial charge in [-0.25, -0.2) is 4.39 Å². The molecule has 106 valence electrons. The average Bonchev–Trinajstić information content (AvgIpc) is 2.75. The van der Waals surface area contributed by atoms with E-state index in [-0.39, 0.29) is 18.3 Å². The smallest absolute Gasteiger partial charge is 0.220 e. The number of aromatic amines is 1. The van der Waals surface area contributed by atoms with Crippen molar-refractivity contribution in [2.75, 3.05) is 0 Å². The fourth-order valence-electron chi connectivity index (χ4n) is 2.10. The van der Waals surface area contributed by atoms with Gasteiger partial charge in [-0.05, 0) is 31.9 Å². The number of nitrogens with one attached hydrogen (secondary N) is 2. The molecule has 4 nitrogen and oxygen atoms in total. The van der Waals surface area contributed by atoms with Gasteiger partial charge >= 0.3 is 0 Å². The van der Waals surface area contributed by atoms with Crippen molar-refractivity contribution >= 4 is 5.91 Å². The molecule has 0 saturated carbocycles. The van der Waals surface area contributed by atoms with Gasteiger partial charge in [0.05, 0.1) is 5.69 Å². The molecule has 0 atom stereocenters. The van der Waals surface area contributed by atoms with E-state index >= 15 is 0 Å². The van der Waals surface area contributed by atoms with E-state index in [1.807, 2.05) is 13.8 Å². The number of H-pyrrole nitrogens is 1. The number of aromatic nitrogens is 2. The van der Waals surface area contributed by atoms with Crippen molar-refractivity contribution in [1.82, 2.24) is 15.5 Å². The van der Waals surface area contributed by atoms with E-state index in [0.717, 1.165) is 17.0 Å². The van der Waals surface area contributed by atoms with E-state index in [9.17, 15) is 9.18 Å². The molecule has 1 aromatic heterocycles. The van der Waals surface area contributed by atoms with Crippen molar-refractivity contribution in [2.24, 2.45) is 0 Å². The Morgan fingerprint density at radius 2 is 2.10 bits per heavy atom. The minimum absolute atomic E-state index is 0.0896. The third kappa shape index (κ3) is 3.44. The minimum atomic E-state index is -0.297. The normalized spacial score (nSPS) is 10.6. The van der Waals surface area contributed by atoms with Crippen LogP contribution in [0.3, 0.4) is 0 Å². The first-order chi connectivity index (χ1) is 9.58. The van der Waals surface area contributed by atoms with Gasteiger partial charge in [-0.1, -0.05) is 18.2 Å². The third-order valence-electron chi connectivity index (χ3n) is 3.32. The zero-order chi connectivity index (χ0) is 14.5. The first-order valence-electron chi connectivity index (χ1n) is 6.58. The number of carbonyl (C=O) groups is 1. The molecule has 5 heteroatoms. The van der Waals surface area contributed by atoms with Gasteiger partial charge in [0.2, 0.25) is 5.91 Å². The highest BCUT2D eigenvalue weighted by Gasteiger charge is 2.09. The van der Waals surface area contributed by atoms with Gasteiger partial charge in [0, 0.05) is 24.2 Å². The quantitative estimate of drug-likeness (QED) is 0.880. The Morgan fingerprint density at radius 1 is 1.35 bits per heavy atom. The monoisotopic (exact) mass is 275 g/mol. The van der Waals surface area contributed by atoms with Crippen LogP contribution in [0.5, 0.6) is 0 Å². The van der Waals surface area contributed by atoms with Crippen LogP contribution in [0.15, 0.2) is 24.3 Å². The summed E-state index contributed by atoms with van der Waals surface area (Å²) in [5.41, 5.74) is 3.48. The highest BCUT2D eigenvalue weighted by Crippen LogP contribution is 2.12. The number of hydrogen-bond donors (Lipinski definition) is 2. The standard InChI is InChI=1S/C15H18FN3O/c1-10-13(11(2)19-18-10)7-8-15(20)17-9-12-5-3-4-6-14(12)16/h3-6H,7-9H2,1-2H3,(H,17,20)(H,18,19). The predicted molar refractivity (Wildman–Crippen MR) is 74.6 cm³/mol. The van der Waals surface area contributed by atoms with Crippen LogP contribution in [0, 0.1) is 19.7 Å². The summed E-state index contributed by atoms with van der Waals surface area (Å²) in [7, 11) is 0. The lowest BCUT2D eigenvalue weighted by Gasteiger charge is -2.06. The Bertz CT molecular complexity index is 587. The Morgan fingerprint density at radius 3 is 2.75 bits per heavy atom. The summed E-state index contributed by atoms with van der Waals surface area (Å²) in [4.78, 5) is 11.8. The number of rotatable bonds is 5. The molecular formula is C15H18FN3O. The second-order valence-corrected chi connectivity index (χ2v) is 4.78. The molecular weight excluding hydrogens is 257 g/mol. The van der Waals surface area contributed by atoms with E-state index in [2.05, 4.69) is 15.5 Å². The largest absolute Gasteiger partial charge is 0.352 e. The molecule has 0 aliphatic heterocycles. The molecule has 0 bridgehead atoms. The summed E-state index contributed by atoms with van der Waals surface area (Å²) in [5, 5.41) is 9.72. The Kier molecular flexibility index (Phi) is 4.50. The summed E-state index contributed by atoms with van der Waals surface area (Å²) in [6, 6.07) is 6.44. The van der Waals surface area contributed by atoms with E-state index in [0.29, 0.717) is 18.4 Å². The molecule has 20 heavy (non-hydrogen) atoms. The van der Waals surface area contributed by atoms with Gasteiger partial charge in [0.1, 0.15) is 5.82 Å². The molecule has 2 rings (SSSR count). The van der Waals surface area contributed by atoms with E-state index in [1.54, 1.807) is 18.2 Å². The Hall–Kier alpha value is -2.17. The van der Waals surface area contributed by atoms with Crippen LogP contribution >= 0.6 is 0 Å². The van der Waals surface area contributed by atoms with E-state index in [1.165, 1.54) is 6.07 Å². The number of amides is 1. The van der Waals surface area contributed by atoms with Gasteiger partial charge < -0.3 is 5.32 Å². The first kappa shape index (κ1) is 14.2. The maximum atomic E-state index is 13.4. The fraction of sp³-hybridized carbons (Fsp3) is 0.333. The molecule has 0 aliphatic rings. The highest BCUT2D eigenvalue weighted by atomic mass is 19.1. The minimum Gasteiger partial charge on any atom is -0.352 e. The zero-order valence-electron chi connectivity index (χ0n) is 11.7. The Balaban J connectivity index is 1.83. The van der Waals surface area contributed by atoms with Gasteiger partial charge in [-0.3, -0.25) is 9.89 Å². The summed E-state index contributed by atoms with van der Waals surface area (Å²) < 4.78 is 13.4. The number of hydrogen-bond acceptors (Lipinski definition) is 2.